The summed E-state index contributed by atoms with van der Waals surface area (Å²) in [5, 5.41) is 4.10. The van der Waals surface area contributed by atoms with Crippen LogP contribution >= 0.6 is 0 Å². The smallest absolute Gasteiger partial charge is 0.324 e. The number of nitrogens with two attached hydrogens (primary N) is 1. The molecule has 0 bridgehead atoms. The van der Waals surface area contributed by atoms with Crippen LogP contribution in [0.25, 0.3) is 11.6 Å². The number of hydrogen-bond acceptors (Lipinski definition) is 10. The first-order valence-corrected chi connectivity index (χ1v) is 11.1. The van der Waals surface area contributed by atoms with Gasteiger partial charge in [-0.05, 0) is 48.6 Å². The summed E-state index contributed by atoms with van der Waals surface area (Å²) in [5.41, 5.74) is 6.88. The number of hydrogen-bond donors (Lipinski definition) is 1. The van der Waals surface area contributed by atoms with Gasteiger partial charge in [-0.1, -0.05) is 23.4 Å². The van der Waals surface area contributed by atoms with Crippen LogP contribution in [0.3, 0.4) is 0 Å². The van der Waals surface area contributed by atoms with Crippen LogP contribution in [0.5, 0.6) is 0 Å². The average molecular weight is 435 g/mol. The molecule has 2 aliphatic carbocycles. The van der Waals surface area contributed by atoms with Crippen LogP contribution in [0.1, 0.15) is 12.8 Å². The van der Waals surface area contributed by atoms with Crippen LogP contribution in [-0.2, 0) is 4.74 Å². The van der Waals surface area contributed by atoms with Gasteiger partial charge in [-0.15, -0.1) is 0 Å². The zero-order valence-electron chi connectivity index (χ0n) is 18.0. The van der Waals surface area contributed by atoms with Gasteiger partial charge in [0.05, 0.1) is 6.61 Å². The highest BCUT2D eigenvalue weighted by atomic mass is 16.5. The van der Waals surface area contributed by atoms with E-state index in [0.717, 1.165) is 37.9 Å². The number of para-hydroxylation sites is 1. The number of aromatic nitrogens is 5. The van der Waals surface area contributed by atoms with Gasteiger partial charge in [0.1, 0.15) is 0 Å². The molecule has 2 aromatic heterocycles. The SMILES string of the molecule is CN(c1ccccc1)c1nc(N)nc(-c2noc(N3CC4C(COCC5CC5)C4C3)n2)n1. The second kappa shape index (κ2) is 7.70. The molecule has 0 radical (unpaired) electrons. The second-order valence-corrected chi connectivity index (χ2v) is 8.99. The molecule has 2 unspecified atom stereocenters. The third kappa shape index (κ3) is 3.75. The molecule has 3 aliphatic rings. The summed E-state index contributed by atoms with van der Waals surface area (Å²) in [4.78, 5) is 21.5. The van der Waals surface area contributed by atoms with Crippen LogP contribution in [0, 0.1) is 23.7 Å². The summed E-state index contributed by atoms with van der Waals surface area (Å²) in [7, 11) is 1.87. The van der Waals surface area contributed by atoms with Crippen molar-refractivity contribution in [1.29, 1.82) is 0 Å². The Labute approximate surface area is 185 Å². The lowest BCUT2D eigenvalue weighted by Gasteiger charge is -2.17. The summed E-state index contributed by atoms with van der Waals surface area (Å²) in [5.74, 6) is 3.93. The average Bonchev–Trinajstić information content (AvgIpc) is 3.62. The molecule has 10 nitrogen and oxygen atoms in total. The number of fused-ring (bicyclic) bond motifs is 1. The standard InChI is InChI=1S/C22H26N8O2/c1-29(14-5-3-2-4-6-14)21-25-18(24-20(23)27-21)19-26-22(32-28-19)30-9-15-16(10-30)17(15)12-31-11-13-7-8-13/h2-6,13,15-17H,7-12H2,1H3,(H2,23,24,25,27). The van der Waals surface area contributed by atoms with Crippen molar-refractivity contribution in [3.05, 3.63) is 30.3 Å². The van der Waals surface area contributed by atoms with Crippen LogP contribution in [0.15, 0.2) is 34.9 Å². The Hall–Kier alpha value is -3.27. The lowest BCUT2D eigenvalue weighted by atomic mass is 10.3. The van der Waals surface area contributed by atoms with Crippen molar-refractivity contribution in [3.63, 3.8) is 0 Å². The van der Waals surface area contributed by atoms with E-state index in [1.807, 2.05) is 42.3 Å². The van der Waals surface area contributed by atoms with Crippen molar-refractivity contribution >= 4 is 23.6 Å². The number of nitrogen functional groups attached to an aromatic ring is 1. The summed E-state index contributed by atoms with van der Waals surface area (Å²) < 4.78 is 11.4. The molecule has 0 spiro atoms. The van der Waals surface area contributed by atoms with Crippen molar-refractivity contribution in [3.8, 4) is 11.6 Å². The molecule has 3 heterocycles. The van der Waals surface area contributed by atoms with Crippen molar-refractivity contribution in [2.24, 2.45) is 23.7 Å². The number of rotatable bonds is 8. The maximum absolute atomic E-state index is 5.95. The summed E-state index contributed by atoms with van der Waals surface area (Å²) in [6, 6.07) is 10.3. The van der Waals surface area contributed by atoms with E-state index in [1.165, 1.54) is 12.8 Å². The molecule has 1 aliphatic heterocycles. The van der Waals surface area contributed by atoms with Crippen LogP contribution in [-0.4, -0.2) is 58.4 Å². The lowest BCUT2D eigenvalue weighted by molar-refractivity contribution is 0.108. The number of nitrogens with zero attached hydrogens (tertiary/aromatic N) is 7. The largest absolute Gasteiger partial charge is 0.381 e. The number of benzene rings is 1. The summed E-state index contributed by atoms with van der Waals surface area (Å²) >= 11 is 0. The first-order valence-electron chi connectivity index (χ1n) is 11.1. The molecule has 2 saturated carbocycles. The zero-order valence-corrected chi connectivity index (χ0v) is 18.0. The quantitative estimate of drug-likeness (QED) is 0.566. The molecule has 6 rings (SSSR count). The minimum atomic E-state index is 0.107. The highest BCUT2D eigenvalue weighted by Gasteiger charge is 2.56. The van der Waals surface area contributed by atoms with E-state index in [1.54, 1.807) is 0 Å². The Balaban J connectivity index is 1.12. The lowest BCUT2D eigenvalue weighted by Crippen LogP contribution is -2.25. The second-order valence-electron chi connectivity index (χ2n) is 8.99. The summed E-state index contributed by atoms with van der Waals surface area (Å²) in [6.07, 6.45) is 2.67. The van der Waals surface area contributed by atoms with E-state index in [9.17, 15) is 0 Å². The summed E-state index contributed by atoms with van der Waals surface area (Å²) in [6.45, 7) is 3.66. The van der Waals surface area contributed by atoms with Gasteiger partial charge in [-0.2, -0.15) is 19.9 Å². The minimum Gasteiger partial charge on any atom is -0.381 e. The Bertz CT molecular complexity index is 1090. The fraction of sp³-hybridized carbons (Fsp3) is 0.500. The number of anilines is 4. The van der Waals surface area contributed by atoms with E-state index in [-0.39, 0.29) is 5.95 Å². The van der Waals surface area contributed by atoms with Crippen molar-refractivity contribution < 1.29 is 9.26 Å². The van der Waals surface area contributed by atoms with E-state index >= 15 is 0 Å². The van der Waals surface area contributed by atoms with Gasteiger partial charge in [-0.25, -0.2) is 0 Å². The van der Waals surface area contributed by atoms with Gasteiger partial charge >= 0.3 is 6.01 Å². The molecule has 10 heteroatoms. The van der Waals surface area contributed by atoms with E-state index in [0.29, 0.717) is 41.4 Å². The third-order valence-electron chi connectivity index (χ3n) is 6.70. The molecule has 3 fully saturated rings. The molecule has 1 aromatic carbocycles. The minimum absolute atomic E-state index is 0.107. The zero-order chi connectivity index (χ0) is 21.7. The van der Waals surface area contributed by atoms with Gasteiger partial charge in [0, 0.05) is 32.4 Å². The van der Waals surface area contributed by atoms with Crippen molar-refractivity contribution in [2.45, 2.75) is 12.8 Å². The number of piperidine rings is 1. The molecular weight excluding hydrogens is 408 g/mol. The molecule has 3 aromatic rings. The van der Waals surface area contributed by atoms with Crippen LogP contribution in [0.4, 0.5) is 23.6 Å². The third-order valence-corrected chi connectivity index (χ3v) is 6.70. The van der Waals surface area contributed by atoms with Crippen molar-refractivity contribution in [1.82, 2.24) is 25.1 Å². The van der Waals surface area contributed by atoms with Gasteiger partial charge < -0.3 is 24.8 Å². The molecule has 166 valence electrons. The molecule has 0 amide bonds. The molecule has 32 heavy (non-hydrogen) atoms. The van der Waals surface area contributed by atoms with E-state index < -0.39 is 0 Å². The fourth-order valence-electron chi connectivity index (χ4n) is 4.54. The predicted molar refractivity (Wildman–Crippen MR) is 118 cm³/mol. The Morgan fingerprint density at radius 1 is 1.03 bits per heavy atom. The molecular formula is C22H26N8O2. The maximum atomic E-state index is 5.95. The highest BCUT2D eigenvalue weighted by Crippen LogP contribution is 2.52. The predicted octanol–water partition coefficient (Wildman–Crippen LogP) is 2.38. The Kier molecular flexibility index (Phi) is 4.67. The fourth-order valence-corrected chi connectivity index (χ4v) is 4.54. The first-order chi connectivity index (χ1) is 15.7. The van der Waals surface area contributed by atoms with E-state index in [2.05, 4.69) is 30.0 Å². The first kappa shape index (κ1) is 19.4. The molecule has 2 N–H and O–H groups in total. The maximum Gasteiger partial charge on any atom is 0.324 e. The van der Waals surface area contributed by atoms with Crippen molar-refractivity contribution in [2.75, 3.05) is 48.9 Å². The molecule has 2 atom stereocenters. The van der Waals surface area contributed by atoms with Gasteiger partial charge in [-0.3, -0.25) is 0 Å². The van der Waals surface area contributed by atoms with Crippen LogP contribution < -0.4 is 15.5 Å². The Morgan fingerprint density at radius 3 is 2.56 bits per heavy atom. The van der Waals surface area contributed by atoms with Gasteiger partial charge in [0.25, 0.3) is 0 Å². The van der Waals surface area contributed by atoms with Crippen LogP contribution in [0.2, 0.25) is 0 Å². The topological polar surface area (TPSA) is 119 Å². The van der Waals surface area contributed by atoms with Gasteiger partial charge in [0.2, 0.25) is 23.5 Å². The van der Waals surface area contributed by atoms with Gasteiger partial charge in [0.15, 0.2) is 0 Å². The highest BCUT2D eigenvalue weighted by molar-refractivity contribution is 5.59. The molecule has 1 saturated heterocycles. The monoisotopic (exact) mass is 434 g/mol. The number of ether oxygens (including phenoxy) is 1. The normalized spacial score (nSPS) is 23.9. The Morgan fingerprint density at radius 2 is 1.81 bits per heavy atom. The van der Waals surface area contributed by atoms with E-state index in [4.69, 9.17) is 15.0 Å².